The van der Waals surface area contributed by atoms with E-state index >= 15 is 0 Å². The molecule has 2 aromatic carbocycles. The lowest BCUT2D eigenvalue weighted by Gasteiger charge is -2.16. The van der Waals surface area contributed by atoms with Gasteiger partial charge in [-0.1, -0.05) is 0 Å². The molecule has 0 saturated carbocycles. The molecule has 0 atom stereocenters. The average molecular weight is 353 g/mol. The third kappa shape index (κ3) is 5.66. The van der Waals surface area contributed by atoms with Gasteiger partial charge in [-0.2, -0.15) is 0 Å². The normalized spacial score (nSPS) is 11.2. The van der Waals surface area contributed by atoms with Gasteiger partial charge < -0.3 is 14.8 Å². The van der Waals surface area contributed by atoms with Crippen LogP contribution in [0.25, 0.3) is 6.08 Å². The van der Waals surface area contributed by atoms with Crippen LogP contribution in [0.3, 0.4) is 0 Å². The van der Waals surface area contributed by atoms with Crippen molar-refractivity contribution in [1.29, 1.82) is 0 Å². The number of hydrogen-bond acceptors (Lipinski definition) is 4. The number of anilines is 1. The second-order valence-electron chi connectivity index (χ2n) is 6.56. The standard InChI is InChI=1S/C22H27NO3/c1-15(2)25-20-12-8-18(22(14-20)26-16(3)4)9-13-21(24)17-6-10-19(23-5)11-7-17/h6-16,23H,1-5H3. The molecular weight excluding hydrogens is 326 g/mol. The van der Waals surface area contributed by atoms with Crippen LogP contribution in [0.2, 0.25) is 0 Å². The van der Waals surface area contributed by atoms with Gasteiger partial charge in [0.05, 0.1) is 12.2 Å². The summed E-state index contributed by atoms with van der Waals surface area (Å²) < 4.78 is 11.6. The molecule has 2 aromatic rings. The van der Waals surface area contributed by atoms with E-state index in [0.29, 0.717) is 11.3 Å². The Morgan fingerprint density at radius 3 is 2.19 bits per heavy atom. The first-order valence-corrected chi connectivity index (χ1v) is 8.86. The van der Waals surface area contributed by atoms with Crippen molar-refractivity contribution in [3.05, 3.63) is 59.7 Å². The lowest BCUT2D eigenvalue weighted by atomic mass is 10.1. The van der Waals surface area contributed by atoms with E-state index in [1.807, 2.05) is 77.2 Å². The first kappa shape index (κ1) is 19.6. The summed E-state index contributed by atoms with van der Waals surface area (Å²) in [5.41, 5.74) is 2.46. The van der Waals surface area contributed by atoms with Gasteiger partial charge in [-0.25, -0.2) is 0 Å². The molecule has 0 radical (unpaired) electrons. The summed E-state index contributed by atoms with van der Waals surface area (Å²) in [4.78, 5) is 12.4. The zero-order chi connectivity index (χ0) is 19.1. The minimum atomic E-state index is -0.0503. The lowest BCUT2D eigenvalue weighted by Crippen LogP contribution is -2.09. The summed E-state index contributed by atoms with van der Waals surface area (Å²) in [6.07, 6.45) is 3.47. The van der Waals surface area contributed by atoms with Crippen molar-refractivity contribution in [2.24, 2.45) is 0 Å². The number of carbonyl (C=O) groups excluding carboxylic acids is 1. The zero-order valence-corrected chi connectivity index (χ0v) is 16.1. The highest BCUT2D eigenvalue weighted by Crippen LogP contribution is 2.28. The van der Waals surface area contributed by atoms with E-state index in [4.69, 9.17) is 9.47 Å². The van der Waals surface area contributed by atoms with Crippen molar-refractivity contribution in [3.8, 4) is 11.5 Å². The van der Waals surface area contributed by atoms with E-state index in [-0.39, 0.29) is 18.0 Å². The molecule has 0 aromatic heterocycles. The molecule has 0 spiro atoms. The molecule has 4 heteroatoms. The number of ketones is 1. The fraction of sp³-hybridized carbons (Fsp3) is 0.318. The molecule has 26 heavy (non-hydrogen) atoms. The SMILES string of the molecule is CNc1ccc(C(=O)C=Cc2ccc(OC(C)C)cc2OC(C)C)cc1. The van der Waals surface area contributed by atoms with Crippen LogP contribution in [-0.2, 0) is 0 Å². The molecule has 0 heterocycles. The highest BCUT2D eigenvalue weighted by molar-refractivity contribution is 6.07. The smallest absolute Gasteiger partial charge is 0.185 e. The molecule has 0 unspecified atom stereocenters. The topological polar surface area (TPSA) is 47.6 Å². The van der Waals surface area contributed by atoms with Crippen LogP contribution in [0, 0.1) is 0 Å². The Balaban J connectivity index is 2.22. The predicted molar refractivity (Wildman–Crippen MR) is 107 cm³/mol. The van der Waals surface area contributed by atoms with Crippen LogP contribution in [0.5, 0.6) is 11.5 Å². The van der Waals surface area contributed by atoms with Crippen LogP contribution in [0.4, 0.5) is 5.69 Å². The molecular formula is C22H27NO3. The van der Waals surface area contributed by atoms with Gasteiger partial charge in [0.1, 0.15) is 11.5 Å². The van der Waals surface area contributed by atoms with Gasteiger partial charge in [-0.3, -0.25) is 4.79 Å². The van der Waals surface area contributed by atoms with E-state index in [1.54, 1.807) is 12.2 Å². The first-order chi connectivity index (χ1) is 12.4. The van der Waals surface area contributed by atoms with Crippen LogP contribution in [0.15, 0.2) is 48.5 Å². The minimum absolute atomic E-state index is 0.0289. The molecule has 0 fully saturated rings. The average Bonchev–Trinajstić information content (AvgIpc) is 2.60. The molecule has 0 aliphatic carbocycles. The number of benzene rings is 2. The third-order valence-electron chi connectivity index (χ3n) is 3.59. The number of carbonyl (C=O) groups is 1. The highest BCUT2D eigenvalue weighted by Gasteiger charge is 2.08. The lowest BCUT2D eigenvalue weighted by molar-refractivity contribution is 0.104. The highest BCUT2D eigenvalue weighted by atomic mass is 16.5. The van der Waals surface area contributed by atoms with Crippen LogP contribution in [-0.4, -0.2) is 25.0 Å². The molecule has 138 valence electrons. The van der Waals surface area contributed by atoms with E-state index < -0.39 is 0 Å². The summed E-state index contributed by atoms with van der Waals surface area (Å²) in [6, 6.07) is 13.0. The molecule has 2 rings (SSSR count). The van der Waals surface area contributed by atoms with Crippen molar-refractivity contribution >= 4 is 17.5 Å². The molecule has 1 N–H and O–H groups in total. The largest absolute Gasteiger partial charge is 0.491 e. The number of nitrogens with one attached hydrogen (secondary N) is 1. The van der Waals surface area contributed by atoms with E-state index in [9.17, 15) is 4.79 Å². The monoisotopic (exact) mass is 353 g/mol. The Morgan fingerprint density at radius 1 is 0.962 bits per heavy atom. The van der Waals surface area contributed by atoms with Gasteiger partial charge in [0.25, 0.3) is 0 Å². The van der Waals surface area contributed by atoms with Crippen LogP contribution in [0.1, 0.15) is 43.6 Å². The van der Waals surface area contributed by atoms with Gasteiger partial charge in [0, 0.05) is 29.9 Å². The second kappa shape index (κ2) is 9.09. The molecule has 0 aliphatic rings. The van der Waals surface area contributed by atoms with Gasteiger partial charge >= 0.3 is 0 Å². The van der Waals surface area contributed by atoms with Crippen LogP contribution < -0.4 is 14.8 Å². The fourth-order valence-electron chi connectivity index (χ4n) is 2.42. The molecule has 0 amide bonds. The van der Waals surface area contributed by atoms with Gasteiger partial charge in [-0.15, -0.1) is 0 Å². The first-order valence-electron chi connectivity index (χ1n) is 8.86. The quantitative estimate of drug-likeness (QED) is 0.523. The minimum Gasteiger partial charge on any atom is -0.491 e. The Kier molecular flexibility index (Phi) is 6.84. The van der Waals surface area contributed by atoms with Crippen LogP contribution >= 0.6 is 0 Å². The van der Waals surface area contributed by atoms with E-state index in [1.165, 1.54) is 0 Å². The maximum atomic E-state index is 12.4. The maximum absolute atomic E-state index is 12.4. The zero-order valence-electron chi connectivity index (χ0n) is 16.1. The van der Waals surface area contributed by atoms with Crippen molar-refractivity contribution in [1.82, 2.24) is 0 Å². The molecule has 4 nitrogen and oxygen atoms in total. The third-order valence-corrected chi connectivity index (χ3v) is 3.59. The van der Waals surface area contributed by atoms with Gasteiger partial charge in [0.15, 0.2) is 5.78 Å². The molecule has 0 bridgehead atoms. The number of allylic oxidation sites excluding steroid dienone is 1. The number of ether oxygens (including phenoxy) is 2. The van der Waals surface area contributed by atoms with E-state index in [2.05, 4.69) is 5.32 Å². The summed E-state index contributed by atoms with van der Waals surface area (Å²) in [5, 5.41) is 3.04. The number of rotatable bonds is 8. The summed E-state index contributed by atoms with van der Waals surface area (Å²) >= 11 is 0. The Bertz CT molecular complexity index is 761. The Morgan fingerprint density at radius 2 is 1.62 bits per heavy atom. The predicted octanol–water partition coefficient (Wildman–Crippen LogP) is 5.20. The summed E-state index contributed by atoms with van der Waals surface area (Å²) in [7, 11) is 1.85. The maximum Gasteiger partial charge on any atom is 0.185 e. The Hall–Kier alpha value is -2.75. The van der Waals surface area contributed by atoms with Gasteiger partial charge in [-0.05, 0) is 76.2 Å². The Labute approximate surface area is 155 Å². The summed E-state index contributed by atoms with van der Waals surface area (Å²) in [5.74, 6) is 1.40. The summed E-state index contributed by atoms with van der Waals surface area (Å²) in [6.45, 7) is 7.90. The van der Waals surface area contributed by atoms with Crippen molar-refractivity contribution in [2.45, 2.75) is 39.9 Å². The molecule has 0 aliphatic heterocycles. The molecule has 0 saturated heterocycles. The van der Waals surface area contributed by atoms with Crippen molar-refractivity contribution in [2.75, 3.05) is 12.4 Å². The van der Waals surface area contributed by atoms with Crippen molar-refractivity contribution < 1.29 is 14.3 Å². The van der Waals surface area contributed by atoms with Gasteiger partial charge in [0.2, 0.25) is 0 Å². The fourth-order valence-corrected chi connectivity index (χ4v) is 2.42. The van der Waals surface area contributed by atoms with E-state index in [0.717, 1.165) is 17.0 Å². The van der Waals surface area contributed by atoms with Crippen molar-refractivity contribution in [3.63, 3.8) is 0 Å². The number of hydrogen-bond donors (Lipinski definition) is 1. The second-order valence-corrected chi connectivity index (χ2v) is 6.56.